The minimum absolute atomic E-state index is 0.147. The molecular weight excluding hydrogens is 386 g/mol. The second-order valence-electron chi connectivity index (χ2n) is 8.79. The first-order valence-electron chi connectivity index (χ1n) is 10.9. The predicted molar refractivity (Wildman–Crippen MR) is 118 cm³/mol. The summed E-state index contributed by atoms with van der Waals surface area (Å²) in [4.78, 5) is 2.53. The fraction of sp³-hybridized carbons (Fsp3) is 0.400. The molecule has 1 saturated carbocycles. The minimum atomic E-state index is 0.147. The summed E-state index contributed by atoms with van der Waals surface area (Å²) >= 11 is 0. The van der Waals surface area contributed by atoms with Crippen LogP contribution in [-0.4, -0.2) is 46.2 Å². The van der Waals surface area contributed by atoms with Gasteiger partial charge in [-0.15, -0.1) is 5.10 Å². The van der Waals surface area contributed by atoms with Crippen molar-refractivity contribution >= 4 is 0 Å². The standard InChI is InChI=1S/C25H27N5O/c1-31-25-12-22-16-29(14-19-7-5-6-18(10-19)13-26)15-21(22)11-24(25)30-17-23(27-28-30)20-8-3-2-4-9-20/h2-10,17,21-22,24-25H,11-12,14-16H2,1H3/t21-,22+,24-,25-/m1/s1. The van der Waals surface area contributed by atoms with E-state index in [0.717, 1.165) is 49.3 Å². The van der Waals surface area contributed by atoms with Crippen molar-refractivity contribution in [3.05, 3.63) is 71.9 Å². The first-order chi connectivity index (χ1) is 15.2. The van der Waals surface area contributed by atoms with Crippen molar-refractivity contribution in [2.24, 2.45) is 11.8 Å². The zero-order valence-electron chi connectivity index (χ0n) is 17.8. The molecule has 0 bridgehead atoms. The Morgan fingerprint density at radius 3 is 2.65 bits per heavy atom. The van der Waals surface area contributed by atoms with Crippen molar-refractivity contribution in [2.45, 2.75) is 31.5 Å². The van der Waals surface area contributed by atoms with Crippen molar-refractivity contribution in [3.8, 4) is 17.3 Å². The summed E-state index contributed by atoms with van der Waals surface area (Å²) in [5.41, 5.74) is 3.93. The Balaban J connectivity index is 1.30. The van der Waals surface area contributed by atoms with Crippen LogP contribution >= 0.6 is 0 Å². The smallest absolute Gasteiger partial charge is 0.113 e. The van der Waals surface area contributed by atoms with Crippen LogP contribution in [0.15, 0.2) is 60.8 Å². The molecule has 6 heteroatoms. The van der Waals surface area contributed by atoms with Gasteiger partial charge in [-0.05, 0) is 42.4 Å². The lowest BCUT2D eigenvalue weighted by Gasteiger charge is -2.37. The van der Waals surface area contributed by atoms with E-state index in [1.54, 1.807) is 0 Å². The number of ether oxygens (including phenoxy) is 1. The van der Waals surface area contributed by atoms with Crippen LogP contribution in [0.2, 0.25) is 0 Å². The summed E-state index contributed by atoms with van der Waals surface area (Å²) in [7, 11) is 1.81. The third-order valence-corrected chi connectivity index (χ3v) is 6.85. The minimum Gasteiger partial charge on any atom is -0.379 e. The highest BCUT2D eigenvalue weighted by Gasteiger charge is 2.43. The van der Waals surface area contributed by atoms with E-state index in [4.69, 9.17) is 10.00 Å². The monoisotopic (exact) mass is 413 g/mol. The van der Waals surface area contributed by atoms with Crippen LogP contribution in [0, 0.1) is 23.2 Å². The SMILES string of the molecule is CO[C@@H]1C[C@H]2CN(Cc3cccc(C#N)c3)C[C@H]2C[C@H]1n1cc(-c2ccccc2)nn1. The Labute approximate surface area is 183 Å². The molecular formula is C25H27N5O. The van der Waals surface area contributed by atoms with Crippen LogP contribution in [-0.2, 0) is 11.3 Å². The van der Waals surface area contributed by atoms with Crippen LogP contribution in [0.5, 0.6) is 0 Å². The average molecular weight is 414 g/mol. The molecule has 4 atom stereocenters. The molecule has 2 fully saturated rings. The normalized spacial score (nSPS) is 25.8. The van der Waals surface area contributed by atoms with Crippen molar-refractivity contribution in [1.29, 1.82) is 5.26 Å². The lowest BCUT2D eigenvalue weighted by atomic mass is 9.77. The van der Waals surface area contributed by atoms with Gasteiger partial charge in [-0.3, -0.25) is 4.90 Å². The number of aromatic nitrogens is 3. The Morgan fingerprint density at radius 1 is 1.06 bits per heavy atom. The lowest BCUT2D eigenvalue weighted by Crippen LogP contribution is -2.37. The van der Waals surface area contributed by atoms with E-state index >= 15 is 0 Å². The summed E-state index contributed by atoms with van der Waals surface area (Å²) in [6, 6.07) is 20.6. The van der Waals surface area contributed by atoms with Gasteiger partial charge in [0.05, 0.1) is 30.0 Å². The van der Waals surface area contributed by atoms with Gasteiger partial charge in [0.2, 0.25) is 0 Å². The molecule has 0 spiro atoms. The quantitative estimate of drug-likeness (QED) is 0.634. The molecule has 1 aromatic heterocycles. The Hall–Kier alpha value is -3.01. The van der Waals surface area contributed by atoms with E-state index in [1.807, 2.05) is 48.2 Å². The summed E-state index contributed by atoms with van der Waals surface area (Å²) in [6.07, 6.45) is 4.30. The van der Waals surface area contributed by atoms with Crippen molar-refractivity contribution in [1.82, 2.24) is 19.9 Å². The van der Waals surface area contributed by atoms with Gasteiger partial charge in [-0.25, -0.2) is 4.68 Å². The number of methoxy groups -OCH3 is 1. The third-order valence-electron chi connectivity index (χ3n) is 6.85. The topological polar surface area (TPSA) is 67.0 Å². The van der Waals surface area contributed by atoms with Gasteiger partial charge >= 0.3 is 0 Å². The highest BCUT2D eigenvalue weighted by atomic mass is 16.5. The van der Waals surface area contributed by atoms with Crippen LogP contribution < -0.4 is 0 Å². The molecule has 158 valence electrons. The van der Waals surface area contributed by atoms with E-state index in [0.29, 0.717) is 11.8 Å². The molecule has 6 nitrogen and oxygen atoms in total. The molecule has 31 heavy (non-hydrogen) atoms. The third kappa shape index (κ3) is 4.12. The second kappa shape index (κ2) is 8.62. The highest BCUT2D eigenvalue weighted by Crippen LogP contribution is 2.42. The Bertz CT molecular complexity index is 1070. The largest absolute Gasteiger partial charge is 0.379 e. The zero-order valence-corrected chi connectivity index (χ0v) is 17.8. The maximum Gasteiger partial charge on any atom is 0.113 e. The number of rotatable bonds is 5. The molecule has 2 heterocycles. The molecule has 0 amide bonds. The molecule has 3 aromatic rings. The van der Waals surface area contributed by atoms with Gasteiger partial charge in [-0.1, -0.05) is 47.7 Å². The van der Waals surface area contributed by atoms with Crippen molar-refractivity contribution in [3.63, 3.8) is 0 Å². The van der Waals surface area contributed by atoms with E-state index in [-0.39, 0.29) is 12.1 Å². The Kier molecular flexibility index (Phi) is 5.54. The fourth-order valence-electron chi connectivity index (χ4n) is 5.33. The highest BCUT2D eigenvalue weighted by molar-refractivity contribution is 5.57. The van der Waals surface area contributed by atoms with E-state index in [9.17, 15) is 0 Å². The average Bonchev–Trinajstić information content (AvgIpc) is 3.45. The van der Waals surface area contributed by atoms with Gasteiger partial charge in [0.25, 0.3) is 0 Å². The van der Waals surface area contributed by atoms with E-state index in [2.05, 4.69) is 45.7 Å². The number of hydrogen-bond donors (Lipinski definition) is 0. The molecule has 5 rings (SSSR count). The van der Waals surface area contributed by atoms with Gasteiger partial charge in [-0.2, -0.15) is 5.26 Å². The van der Waals surface area contributed by atoms with Crippen molar-refractivity contribution in [2.75, 3.05) is 20.2 Å². The summed E-state index contributed by atoms with van der Waals surface area (Å²) < 4.78 is 7.94. The van der Waals surface area contributed by atoms with Gasteiger partial charge < -0.3 is 4.74 Å². The van der Waals surface area contributed by atoms with E-state index in [1.165, 1.54) is 5.56 Å². The molecule has 1 aliphatic heterocycles. The van der Waals surface area contributed by atoms with Gasteiger partial charge in [0.1, 0.15) is 5.69 Å². The molecule has 2 aliphatic rings. The zero-order chi connectivity index (χ0) is 21.2. The van der Waals surface area contributed by atoms with Crippen LogP contribution in [0.3, 0.4) is 0 Å². The lowest BCUT2D eigenvalue weighted by molar-refractivity contribution is -0.00545. The fourth-order valence-corrected chi connectivity index (χ4v) is 5.33. The predicted octanol–water partition coefficient (Wildman–Crippen LogP) is 3.91. The van der Waals surface area contributed by atoms with Crippen LogP contribution in [0.25, 0.3) is 11.3 Å². The first kappa shape index (κ1) is 19.9. The molecule has 2 aromatic carbocycles. The Morgan fingerprint density at radius 2 is 1.87 bits per heavy atom. The number of benzene rings is 2. The van der Waals surface area contributed by atoms with Crippen LogP contribution in [0.4, 0.5) is 0 Å². The van der Waals surface area contributed by atoms with Gasteiger partial charge in [0.15, 0.2) is 0 Å². The number of likely N-dealkylation sites (tertiary alicyclic amines) is 1. The number of nitrogens with zero attached hydrogens (tertiary/aromatic N) is 5. The molecule has 0 radical (unpaired) electrons. The summed E-state index contributed by atoms with van der Waals surface area (Å²) in [5.74, 6) is 1.26. The molecule has 1 aliphatic carbocycles. The van der Waals surface area contributed by atoms with Gasteiger partial charge in [0, 0.05) is 32.3 Å². The van der Waals surface area contributed by atoms with E-state index < -0.39 is 0 Å². The second-order valence-corrected chi connectivity index (χ2v) is 8.79. The molecule has 0 N–H and O–H groups in total. The van der Waals surface area contributed by atoms with Crippen LogP contribution in [0.1, 0.15) is 30.0 Å². The maximum absolute atomic E-state index is 9.17. The summed E-state index contributed by atoms with van der Waals surface area (Å²) in [6.45, 7) is 3.06. The number of hydrogen-bond acceptors (Lipinski definition) is 5. The first-order valence-corrected chi connectivity index (χ1v) is 10.9. The number of nitriles is 1. The maximum atomic E-state index is 9.17. The number of fused-ring (bicyclic) bond motifs is 1. The molecule has 1 saturated heterocycles. The van der Waals surface area contributed by atoms with Crippen molar-refractivity contribution < 1.29 is 4.74 Å². The molecule has 0 unspecified atom stereocenters. The summed E-state index contributed by atoms with van der Waals surface area (Å²) in [5, 5.41) is 18.1.